The smallest absolute Gasteiger partial charge is 0.259 e. The molecule has 0 saturated heterocycles. The maximum atomic E-state index is 13.7. The summed E-state index contributed by atoms with van der Waals surface area (Å²) in [7, 11) is -0.702. The zero-order valence-corrected chi connectivity index (χ0v) is 17.4. The van der Waals surface area contributed by atoms with E-state index in [-0.39, 0.29) is 16.3 Å². The second-order valence-electron chi connectivity index (χ2n) is 6.16. The quantitative estimate of drug-likeness (QED) is 0.611. The molecular formula is C20H19FN2O4S2. The summed E-state index contributed by atoms with van der Waals surface area (Å²) in [5.74, 6) is -0.595. The number of ether oxygens (including phenoxy) is 1. The Hall–Kier alpha value is -2.75. The molecule has 3 rings (SSSR count). The summed E-state index contributed by atoms with van der Waals surface area (Å²) in [6.45, 7) is 0.182. The van der Waals surface area contributed by atoms with E-state index in [1.165, 1.54) is 41.7 Å². The molecule has 152 valence electrons. The summed E-state index contributed by atoms with van der Waals surface area (Å²) >= 11 is 0.910. The SMILES string of the molecule is COc1ccc(CN(C)S(=O)(=O)c2ccc(NC(=O)c3ccccc3F)s2)cc1. The van der Waals surface area contributed by atoms with Gasteiger partial charge >= 0.3 is 0 Å². The molecule has 0 aliphatic carbocycles. The minimum Gasteiger partial charge on any atom is -0.497 e. The van der Waals surface area contributed by atoms with Crippen molar-refractivity contribution < 1.29 is 22.3 Å². The van der Waals surface area contributed by atoms with E-state index in [1.54, 1.807) is 37.4 Å². The summed E-state index contributed by atoms with van der Waals surface area (Å²) < 4.78 is 45.8. The van der Waals surface area contributed by atoms with Gasteiger partial charge in [-0.15, -0.1) is 11.3 Å². The monoisotopic (exact) mass is 434 g/mol. The molecule has 0 spiro atoms. The number of thiophene rings is 1. The lowest BCUT2D eigenvalue weighted by atomic mass is 10.2. The van der Waals surface area contributed by atoms with Crippen LogP contribution in [0.15, 0.2) is 64.9 Å². The van der Waals surface area contributed by atoms with Gasteiger partial charge < -0.3 is 10.1 Å². The van der Waals surface area contributed by atoms with Gasteiger partial charge in [0.25, 0.3) is 15.9 Å². The lowest BCUT2D eigenvalue weighted by Gasteiger charge is -2.16. The zero-order valence-electron chi connectivity index (χ0n) is 15.8. The van der Waals surface area contributed by atoms with Gasteiger partial charge in [-0.1, -0.05) is 24.3 Å². The Morgan fingerprint density at radius 3 is 2.45 bits per heavy atom. The van der Waals surface area contributed by atoms with Crippen LogP contribution in [0.25, 0.3) is 0 Å². The number of hydrogen-bond donors (Lipinski definition) is 1. The van der Waals surface area contributed by atoms with Crippen molar-refractivity contribution in [3.05, 3.63) is 77.6 Å². The number of benzene rings is 2. The van der Waals surface area contributed by atoms with Crippen molar-refractivity contribution in [1.29, 1.82) is 0 Å². The van der Waals surface area contributed by atoms with Gasteiger partial charge in [-0.3, -0.25) is 4.79 Å². The number of carbonyl (C=O) groups is 1. The van der Waals surface area contributed by atoms with E-state index in [0.29, 0.717) is 10.8 Å². The van der Waals surface area contributed by atoms with Crippen LogP contribution in [0.2, 0.25) is 0 Å². The molecule has 9 heteroatoms. The first-order chi connectivity index (χ1) is 13.8. The van der Waals surface area contributed by atoms with E-state index in [1.807, 2.05) is 0 Å². The molecule has 3 aromatic rings. The molecule has 0 atom stereocenters. The van der Waals surface area contributed by atoms with E-state index >= 15 is 0 Å². The topological polar surface area (TPSA) is 75.7 Å². The highest BCUT2D eigenvalue weighted by atomic mass is 32.2. The van der Waals surface area contributed by atoms with Crippen LogP contribution in [0, 0.1) is 5.82 Å². The lowest BCUT2D eigenvalue weighted by Crippen LogP contribution is -2.25. The van der Waals surface area contributed by atoms with Gasteiger partial charge in [-0.25, -0.2) is 12.8 Å². The maximum Gasteiger partial charge on any atom is 0.259 e. The summed E-state index contributed by atoms with van der Waals surface area (Å²) in [5.41, 5.74) is 0.698. The standard InChI is InChI=1S/C20H19FN2O4S2/c1-23(13-14-7-9-15(27-2)10-8-14)29(25,26)19-12-11-18(28-19)22-20(24)16-5-3-4-6-17(16)21/h3-12H,13H2,1-2H3,(H,22,24). The molecular weight excluding hydrogens is 415 g/mol. The van der Waals surface area contributed by atoms with Crippen molar-refractivity contribution in [2.45, 2.75) is 10.8 Å². The van der Waals surface area contributed by atoms with Gasteiger partial charge in [0.05, 0.1) is 17.7 Å². The molecule has 1 aromatic heterocycles. The number of sulfonamides is 1. The number of carbonyl (C=O) groups excluding carboxylic acids is 1. The van der Waals surface area contributed by atoms with Gasteiger partial charge in [0, 0.05) is 13.6 Å². The highest BCUT2D eigenvalue weighted by Crippen LogP contribution is 2.29. The van der Waals surface area contributed by atoms with Crippen LogP contribution in [-0.4, -0.2) is 32.8 Å². The second kappa shape index (κ2) is 8.73. The third-order valence-corrected chi connectivity index (χ3v) is 7.44. The number of amides is 1. The van der Waals surface area contributed by atoms with Crippen LogP contribution in [0.3, 0.4) is 0 Å². The minimum atomic E-state index is -3.75. The van der Waals surface area contributed by atoms with Crippen molar-refractivity contribution in [2.24, 2.45) is 0 Å². The highest BCUT2D eigenvalue weighted by Gasteiger charge is 2.24. The Morgan fingerprint density at radius 2 is 1.79 bits per heavy atom. The molecule has 1 heterocycles. The molecule has 0 saturated carbocycles. The molecule has 0 bridgehead atoms. The summed E-state index contributed by atoms with van der Waals surface area (Å²) in [5, 5.41) is 2.85. The van der Waals surface area contributed by atoms with E-state index in [2.05, 4.69) is 5.32 Å². The summed E-state index contributed by atoms with van der Waals surface area (Å²) in [6, 6.07) is 15.6. The Kier molecular flexibility index (Phi) is 6.31. The third kappa shape index (κ3) is 4.81. The van der Waals surface area contributed by atoms with Crippen LogP contribution >= 0.6 is 11.3 Å². The number of anilines is 1. The van der Waals surface area contributed by atoms with E-state index < -0.39 is 21.7 Å². The Bertz CT molecular complexity index is 1110. The predicted molar refractivity (Wildman–Crippen MR) is 110 cm³/mol. The van der Waals surface area contributed by atoms with E-state index in [4.69, 9.17) is 4.74 Å². The predicted octanol–water partition coefficient (Wildman–Crippen LogP) is 3.97. The number of nitrogens with zero attached hydrogens (tertiary/aromatic N) is 1. The molecule has 6 nitrogen and oxygen atoms in total. The number of hydrogen-bond acceptors (Lipinski definition) is 5. The number of methoxy groups -OCH3 is 1. The molecule has 0 aliphatic rings. The average molecular weight is 435 g/mol. The highest BCUT2D eigenvalue weighted by molar-refractivity contribution is 7.91. The van der Waals surface area contributed by atoms with Crippen LogP contribution < -0.4 is 10.1 Å². The molecule has 1 amide bonds. The first kappa shape index (κ1) is 21.0. The molecule has 0 aliphatic heterocycles. The normalized spacial score (nSPS) is 11.4. The largest absolute Gasteiger partial charge is 0.497 e. The number of nitrogens with one attached hydrogen (secondary N) is 1. The van der Waals surface area contributed by atoms with Crippen molar-refractivity contribution >= 4 is 32.3 Å². The summed E-state index contributed by atoms with van der Waals surface area (Å²) in [4.78, 5) is 12.2. The molecule has 29 heavy (non-hydrogen) atoms. The zero-order chi connectivity index (χ0) is 21.0. The Morgan fingerprint density at radius 1 is 1.10 bits per heavy atom. The lowest BCUT2D eigenvalue weighted by molar-refractivity contribution is 0.102. The van der Waals surface area contributed by atoms with Crippen molar-refractivity contribution in [1.82, 2.24) is 4.31 Å². The number of rotatable bonds is 7. The maximum absolute atomic E-state index is 13.7. The van der Waals surface area contributed by atoms with Gasteiger partial charge in [0.15, 0.2) is 0 Å². The van der Waals surface area contributed by atoms with Gasteiger partial charge in [0.2, 0.25) is 0 Å². The average Bonchev–Trinajstić information content (AvgIpc) is 3.18. The van der Waals surface area contributed by atoms with Crippen LogP contribution in [-0.2, 0) is 16.6 Å². The molecule has 0 unspecified atom stereocenters. The first-order valence-electron chi connectivity index (χ1n) is 8.56. The number of halogens is 1. The fourth-order valence-electron chi connectivity index (χ4n) is 2.58. The molecule has 0 fully saturated rings. The summed E-state index contributed by atoms with van der Waals surface area (Å²) in [6.07, 6.45) is 0. The van der Waals surface area contributed by atoms with Crippen LogP contribution in [0.4, 0.5) is 9.39 Å². The van der Waals surface area contributed by atoms with Crippen LogP contribution in [0.1, 0.15) is 15.9 Å². The third-order valence-electron chi connectivity index (χ3n) is 4.17. The van der Waals surface area contributed by atoms with Gasteiger partial charge in [-0.2, -0.15) is 4.31 Å². The molecule has 0 radical (unpaired) electrons. The minimum absolute atomic E-state index is 0.0809. The van der Waals surface area contributed by atoms with Gasteiger partial charge in [0.1, 0.15) is 15.8 Å². The molecule has 1 N–H and O–H groups in total. The van der Waals surface area contributed by atoms with E-state index in [0.717, 1.165) is 16.9 Å². The van der Waals surface area contributed by atoms with Crippen molar-refractivity contribution in [3.63, 3.8) is 0 Å². The Balaban J connectivity index is 1.72. The van der Waals surface area contributed by atoms with Crippen molar-refractivity contribution in [2.75, 3.05) is 19.5 Å². The second-order valence-corrected chi connectivity index (χ2v) is 9.52. The van der Waals surface area contributed by atoms with E-state index in [9.17, 15) is 17.6 Å². The van der Waals surface area contributed by atoms with Crippen molar-refractivity contribution in [3.8, 4) is 5.75 Å². The Labute approximate surface area is 172 Å². The van der Waals surface area contributed by atoms with Crippen LogP contribution in [0.5, 0.6) is 5.75 Å². The fourth-order valence-corrected chi connectivity index (χ4v) is 5.15. The fraction of sp³-hybridized carbons (Fsp3) is 0.150. The first-order valence-corrected chi connectivity index (χ1v) is 10.8. The van der Waals surface area contributed by atoms with Gasteiger partial charge in [-0.05, 0) is 42.0 Å². The molecule has 2 aromatic carbocycles.